The number of carbonyl (C=O) groups excluding carboxylic acids is 1. The van der Waals surface area contributed by atoms with Gasteiger partial charge in [0.05, 0.1) is 11.4 Å². The van der Waals surface area contributed by atoms with Crippen molar-refractivity contribution in [1.82, 2.24) is 5.32 Å². The quantitative estimate of drug-likeness (QED) is 0.564. The molecule has 1 aliphatic rings. The monoisotopic (exact) mass is 245 g/mol. The van der Waals surface area contributed by atoms with E-state index in [0.717, 1.165) is 24.9 Å². The van der Waals surface area contributed by atoms with Crippen LogP contribution in [-0.2, 0) is 0 Å². The van der Waals surface area contributed by atoms with E-state index in [1.165, 1.54) is 0 Å². The van der Waals surface area contributed by atoms with Crippen LogP contribution in [0.4, 0.5) is 11.4 Å². The van der Waals surface area contributed by atoms with Crippen molar-refractivity contribution in [3.8, 4) is 0 Å². The number of carbonyl (C=O) groups is 1. The zero-order valence-corrected chi connectivity index (χ0v) is 10.6. The van der Waals surface area contributed by atoms with E-state index in [0.29, 0.717) is 17.3 Å². The number of hydrogen-bond acceptors (Lipinski definition) is 3. The smallest absolute Gasteiger partial charge is 0.251 e. The normalized spacial score (nSPS) is 18.4. The SMILES string of the molecule is CNC(=O)c1ccc(N)c(NC2CC=CCC2)c1. The first-order valence-corrected chi connectivity index (χ1v) is 6.24. The Morgan fingerprint density at radius 1 is 1.39 bits per heavy atom. The van der Waals surface area contributed by atoms with E-state index < -0.39 is 0 Å². The molecule has 0 aliphatic heterocycles. The maximum atomic E-state index is 11.6. The minimum Gasteiger partial charge on any atom is -0.397 e. The summed E-state index contributed by atoms with van der Waals surface area (Å²) in [6, 6.07) is 5.72. The van der Waals surface area contributed by atoms with E-state index in [2.05, 4.69) is 22.8 Å². The fourth-order valence-corrected chi connectivity index (χ4v) is 2.11. The van der Waals surface area contributed by atoms with Crippen molar-refractivity contribution in [3.63, 3.8) is 0 Å². The fourth-order valence-electron chi connectivity index (χ4n) is 2.11. The number of nitrogen functional groups attached to an aromatic ring is 1. The second-order valence-electron chi connectivity index (χ2n) is 4.51. The number of nitrogens with one attached hydrogen (secondary N) is 2. The molecule has 1 aliphatic carbocycles. The van der Waals surface area contributed by atoms with Gasteiger partial charge in [-0.1, -0.05) is 12.2 Å². The van der Waals surface area contributed by atoms with Gasteiger partial charge in [-0.25, -0.2) is 0 Å². The molecule has 1 atom stereocenters. The molecule has 0 heterocycles. The van der Waals surface area contributed by atoms with Gasteiger partial charge in [-0.3, -0.25) is 4.79 Å². The highest BCUT2D eigenvalue weighted by Crippen LogP contribution is 2.24. The van der Waals surface area contributed by atoms with E-state index in [1.54, 1.807) is 19.2 Å². The molecular weight excluding hydrogens is 226 g/mol. The van der Waals surface area contributed by atoms with Gasteiger partial charge in [-0.05, 0) is 37.5 Å². The van der Waals surface area contributed by atoms with Crippen LogP contribution in [0.5, 0.6) is 0 Å². The molecule has 0 aromatic heterocycles. The summed E-state index contributed by atoms with van der Waals surface area (Å²) in [6.07, 6.45) is 7.57. The molecule has 0 radical (unpaired) electrons. The van der Waals surface area contributed by atoms with Crippen molar-refractivity contribution in [2.75, 3.05) is 18.1 Å². The van der Waals surface area contributed by atoms with Gasteiger partial charge >= 0.3 is 0 Å². The molecule has 4 heteroatoms. The number of nitrogens with two attached hydrogens (primary N) is 1. The van der Waals surface area contributed by atoms with E-state index in [9.17, 15) is 4.79 Å². The minimum absolute atomic E-state index is 0.0958. The first-order chi connectivity index (χ1) is 8.70. The van der Waals surface area contributed by atoms with Crippen LogP contribution >= 0.6 is 0 Å². The van der Waals surface area contributed by atoms with Crippen molar-refractivity contribution in [1.29, 1.82) is 0 Å². The van der Waals surface area contributed by atoms with Gasteiger partial charge in [0.2, 0.25) is 0 Å². The molecule has 2 rings (SSSR count). The Morgan fingerprint density at radius 3 is 2.89 bits per heavy atom. The number of hydrogen-bond donors (Lipinski definition) is 3. The Hall–Kier alpha value is -1.97. The second kappa shape index (κ2) is 5.58. The summed E-state index contributed by atoms with van der Waals surface area (Å²) in [4.78, 5) is 11.6. The Labute approximate surface area is 107 Å². The highest BCUT2D eigenvalue weighted by Gasteiger charge is 2.12. The van der Waals surface area contributed by atoms with Crippen LogP contribution in [0.3, 0.4) is 0 Å². The first-order valence-electron chi connectivity index (χ1n) is 6.24. The largest absolute Gasteiger partial charge is 0.397 e. The van der Waals surface area contributed by atoms with Crippen LogP contribution in [0.15, 0.2) is 30.4 Å². The molecule has 1 amide bonds. The maximum absolute atomic E-state index is 11.6. The van der Waals surface area contributed by atoms with Crippen molar-refractivity contribution in [3.05, 3.63) is 35.9 Å². The summed E-state index contributed by atoms with van der Waals surface area (Å²) in [6.45, 7) is 0. The molecule has 4 N–H and O–H groups in total. The third-order valence-electron chi connectivity index (χ3n) is 3.17. The van der Waals surface area contributed by atoms with Crippen LogP contribution in [-0.4, -0.2) is 19.0 Å². The average Bonchev–Trinajstić information content (AvgIpc) is 2.41. The summed E-state index contributed by atoms with van der Waals surface area (Å²) >= 11 is 0. The third kappa shape index (κ3) is 2.83. The van der Waals surface area contributed by atoms with Gasteiger partial charge < -0.3 is 16.4 Å². The van der Waals surface area contributed by atoms with Crippen molar-refractivity contribution >= 4 is 17.3 Å². The summed E-state index contributed by atoms with van der Waals surface area (Å²) in [5, 5.41) is 6.03. The van der Waals surface area contributed by atoms with Gasteiger partial charge in [-0.15, -0.1) is 0 Å². The number of amides is 1. The number of benzene rings is 1. The van der Waals surface area contributed by atoms with Gasteiger partial charge in [0.1, 0.15) is 0 Å². The lowest BCUT2D eigenvalue weighted by molar-refractivity contribution is 0.0963. The van der Waals surface area contributed by atoms with Crippen LogP contribution in [0.2, 0.25) is 0 Å². The van der Waals surface area contributed by atoms with E-state index in [1.807, 2.05) is 6.07 Å². The minimum atomic E-state index is -0.0958. The maximum Gasteiger partial charge on any atom is 0.251 e. The molecule has 1 aromatic carbocycles. The second-order valence-corrected chi connectivity index (χ2v) is 4.51. The summed E-state index contributed by atoms with van der Waals surface area (Å²) in [5.74, 6) is -0.0958. The van der Waals surface area contributed by atoms with E-state index >= 15 is 0 Å². The van der Waals surface area contributed by atoms with Crippen LogP contribution in [0.25, 0.3) is 0 Å². The number of anilines is 2. The first kappa shape index (κ1) is 12.5. The van der Waals surface area contributed by atoms with E-state index in [4.69, 9.17) is 5.73 Å². The topological polar surface area (TPSA) is 67.2 Å². The Morgan fingerprint density at radius 2 is 2.22 bits per heavy atom. The lowest BCUT2D eigenvalue weighted by atomic mass is 10.0. The Kier molecular flexibility index (Phi) is 3.87. The van der Waals surface area contributed by atoms with Crippen molar-refractivity contribution in [2.24, 2.45) is 0 Å². The van der Waals surface area contributed by atoms with Crippen molar-refractivity contribution in [2.45, 2.75) is 25.3 Å². The number of rotatable bonds is 3. The molecule has 0 bridgehead atoms. The lowest BCUT2D eigenvalue weighted by Gasteiger charge is -2.22. The predicted molar refractivity (Wildman–Crippen MR) is 74.6 cm³/mol. The van der Waals surface area contributed by atoms with Crippen LogP contribution in [0.1, 0.15) is 29.6 Å². The van der Waals surface area contributed by atoms with Crippen molar-refractivity contribution < 1.29 is 4.79 Å². The molecule has 0 saturated carbocycles. The molecule has 18 heavy (non-hydrogen) atoms. The molecule has 0 fully saturated rings. The summed E-state index contributed by atoms with van der Waals surface area (Å²) in [5.41, 5.74) is 8.08. The third-order valence-corrected chi connectivity index (χ3v) is 3.17. The highest BCUT2D eigenvalue weighted by molar-refractivity contribution is 5.96. The molecule has 96 valence electrons. The van der Waals surface area contributed by atoms with Crippen LogP contribution < -0.4 is 16.4 Å². The number of allylic oxidation sites excluding steroid dienone is 1. The zero-order valence-electron chi connectivity index (χ0n) is 10.6. The zero-order chi connectivity index (χ0) is 13.0. The summed E-state index contributed by atoms with van der Waals surface area (Å²) < 4.78 is 0. The molecule has 1 unspecified atom stereocenters. The molecule has 0 saturated heterocycles. The summed E-state index contributed by atoms with van der Waals surface area (Å²) in [7, 11) is 1.62. The lowest BCUT2D eigenvalue weighted by Crippen LogP contribution is -2.22. The molecule has 0 spiro atoms. The van der Waals surface area contributed by atoms with Gasteiger partial charge in [0, 0.05) is 18.7 Å². The molecular formula is C14H19N3O. The molecule has 1 aromatic rings. The standard InChI is InChI=1S/C14H19N3O/c1-16-14(18)10-7-8-12(15)13(9-10)17-11-5-3-2-4-6-11/h2-3,7-9,11,17H,4-6,15H2,1H3,(H,16,18). The highest BCUT2D eigenvalue weighted by atomic mass is 16.1. The predicted octanol–water partition coefficient (Wildman–Crippen LogP) is 2.15. The van der Waals surface area contributed by atoms with E-state index in [-0.39, 0.29) is 5.91 Å². The molecule has 4 nitrogen and oxygen atoms in total. The fraction of sp³-hybridized carbons (Fsp3) is 0.357. The van der Waals surface area contributed by atoms with Gasteiger partial charge in [-0.2, -0.15) is 0 Å². The van der Waals surface area contributed by atoms with Gasteiger partial charge in [0.15, 0.2) is 0 Å². The van der Waals surface area contributed by atoms with Gasteiger partial charge in [0.25, 0.3) is 5.91 Å². The Balaban J connectivity index is 2.15. The average molecular weight is 245 g/mol. The van der Waals surface area contributed by atoms with Crippen LogP contribution in [0, 0.1) is 0 Å². The Bertz CT molecular complexity index is 468.